The van der Waals surface area contributed by atoms with Crippen LogP contribution in [-0.2, 0) is 13.1 Å². The Morgan fingerprint density at radius 2 is 1.29 bits per heavy atom. The summed E-state index contributed by atoms with van der Waals surface area (Å²) in [6, 6.07) is 12.9. The second-order valence-corrected chi connectivity index (χ2v) is 8.82. The van der Waals surface area contributed by atoms with Crippen LogP contribution in [0.2, 0.25) is 0 Å². The molecule has 2 heterocycles. The van der Waals surface area contributed by atoms with Crippen molar-refractivity contribution in [3.8, 4) is 33.6 Å². The Bertz CT molecular complexity index is 1270. The summed E-state index contributed by atoms with van der Waals surface area (Å²) >= 11 is 0. The highest BCUT2D eigenvalue weighted by molar-refractivity contribution is 5.91. The quantitative estimate of drug-likeness (QED) is 0.126. The third-order valence-corrected chi connectivity index (χ3v) is 6.19. The van der Waals surface area contributed by atoms with Crippen molar-refractivity contribution in [3.05, 3.63) is 72.6 Å². The van der Waals surface area contributed by atoms with Gasteiger partial charge in [0.25, 0.3) is 0 Å². The van der Waals surface area contributed by atoms with E-state index in [1.807, 2.05) is 39.4 Å². The lowest BCUT2D eigenvalue weighted by Gasteiger charge is -2.16. The van der Waals surface area contributed by atoms with E-state index in [0.29, 0.717) is 0 Å². The summed E-state index contributed by atoms with van der Waals surface area (Å²) in [5.41, 5.74) is 8.55. The Balaban J connectivity index is 0.00000195. The summed E-state index contributed by atoms with van der Waals surface area (Å²) in [5.74, 6) is 1.89. The van der Waals surface area contributed by atoms with Crippen molar-refractivity contribution in [2.24, 2.45) is 0 Å². The van der Waals surface area contributed by atoms with E-state index < -0.39 is 0 Å². The predicted octanol–water partition coefficient (Wildman–Crippen LogP) is 6.84. The lowest BCUT2D eigenvalue weighted by Crippen LogP contribution is -2.14. The monoisotopic (exact) mass is 513 g/mol. The number of nitrogens with one attached hydrogen (secondary N) is 5. The topological polar surface area (TPSA) is 93.4 Å². The molecule has 7 heteroatoms. The third-order valence-electron chi connectivity index (χ3n) is 6.19. The number of rotatable bonds is 13. The maximum absolute atomic E-state index is 4.55. The molecule has 4 aromatic rings. The van der Waals surface area contributed by atoms with Gasteiger partial charge >= 0.3 is 0 Å². The van der Waals surface area contributed by atoms with Crippen LogP contribution in [0.4, 0.5) is 5.69 Å². The van der Waals surface area contributed by atoms with Crippen molar-refractivity contribution in [3.63, 3.8) is 0 Å². The van der Waals surface area contributed by atoms with Gasteiger partial charge in [0.05, 0.1) is 36.9 Å². The minimum atomic E-state index is 0.730. The van der Waals surface area contributed by atoms with E-state index in [0.717, 1.165) is 95.6 Å². The van der Waals surface area contributed by atoms with E-state index >= 15 is 0 Å². The predicted molar refractivity (Wildman–Crippen MR) is 162 cm³/mol. The van der Waals surface area contributed by atoms with E-state index in [-0.39, 0.29) is 0 Å². The number of hydrogen-bond donors (Lipinski definition) is 5. The average molecular weight is 514 g/mol. The Morgan fingerprint density at radius 1 is 0.763 bits per heavy atom. The second-order valence-electron chi connectivity index (χ2n) is 8.82. The van der Waals surface area contributed by atoms with Gasteiger partial charge in [-0.05, 0) is 37.1 Å². The molecule has 0 aliphatic rings. The van der Waals surface area contributed by atoms with E-state index in [1.54, 1.807) is 0 Å². The zero-order chi connectivity index (χ0) is 27.3. The fraction of sp³-hybridized carbons (Fsp3) is 0.355. The molecule has 0 fully saturated rings. The number of benzene rings is 2. The molecule has 4 rings (SSSR count). The van der Waals surface area contributed by atoms with Crippen LogP contribution in [0, 0.1) is 0 Å². The SMILES string of the molecule is C=Cc1c(-c2cnc(CNCCC)[nH]2)ccc(-c2ccc(-c3cnc(CNCCC)[nH]3)cc2)c1NC.CC. The summed E-state index contributed by atoms with van der Waals surface area (Å²) in [5, 5.41) is 10.2. The van der Waals surface area contributed by atoms with E-state index in [1.165, 1.54) is 0 Å². The van der Waals surface area contributed by atoms with Crippen LogP contribution in [0.15, 0.2) is 55.4 Å². The molecule has 2 aromatic heterocycles. The summed E-state index contributed by atoms with van der Waals surface area (Å²) in [7, 11) is 1.95. The van der Waals surface area contributed by atoms with Gasteiger partial charge in [0.15, 0.2) is 0 Å². The first-order valence-corrected chi connectivity index (χ1v) is 13.8. The minimum Gasteiger partial charge on any atom is -0.387 e. The number of nitrogens with zero attached hydrogens (tertiary/aromatic N) is 2. The standard InChI is InChI=1S/C29H37N7.C2H6/c1-5-14-31-18-27-33-16-25(35-27)21-10-8-20(9-11-21)23-12-13-24(22(7-3)29(23)30-4)26-17-34-28(36-26)19-32-15-6-2;1-2/h7-13,16-17,30-32H,3,5-6,14-15,18-19H2,1-2,4H3,(H,33,35)(H,34,36);1-2H3. The molecular formula is C31H43N7. The molecule has 0 aliphatic heterocycles. The van der Waals surface area contributed by atoms with Gasteiger partial charge in [-0.15, -0.1) is 0 Å². The molecule has 0 radical (unpaired) electrons. The molecule has 0 spiro atoms. The highest BCUT2D eigenvalue weighted by atomic mass is 15.0. The van der Waals surface area contributed by atoms with Crippen LogP contribution in [0.25, 0.3) is 39.7 Å². The van der Waals surface area contributed by atoms with Gasteiger partial charge in [-0.3, -0.25) is 0 Å². The lowest BCUT2D eigenvalue weighted by atomic mass is 9.94. The van der Waals surface area contributed by atoms with Gasteiger partial charge in [-0.2, -0.15) is 0 Å². The molecule has 5 N–H and O–H groups in total. The van der Waals surface area contributed by atoms with Crippen LogP contribution in [-0.4, -0.2) is 40.1 Å². The van der Waals surface area contributed by atoms with E-state index in [2.05, 4.69) is 92.7 Å². The van der Waals surface area contributed by atoms with Crippen LogP contribution in [0.5, 0.6) is 0 Å². The Morgan fingerprint density at radius 3 is 1.84 bits per heavy atom. The van der Waals surface area contributed by atoms with Crippen molar-refractivity contribution < 1.29 is 0 Å². The molecule has 0 bridgehead atoms. The number of hydrogen-bond acceptors (Lipinski definition) is 5. The molecule has 0 amide bonds. The maximum atomic E-state index is 4.55. The summed E-state index contributed by atoms with van der Waals surface area (Å²) in [4.78, 5) is 15.9. The molecule has 0 saturated carbocycles. The van der Waals surface area contributed by atoms with Crippen LogP contribution < -0.4 is 16.0 Å². The third kappa shape index (κ3) is 7.00. The van der Waals surface area contributed by atoms with Gasteiger partial charge in [-0.25, -0.2) is 9.97 Å². The largest absolute Gasteiger partial charge is 0.387 e. The van der Waals surface area contributed by atoms with Gasteiger partial charge in [0.1, 0.15) is 11.6 Å². The smallest absolute Gasteiger partial charge is 0.120 e. The van der Waals surface area contributed by atoms with Crippen LogP contribution >= 0.6 is 0 Å². The van der Waals surface area contributed by atoms with Gasteiger partial charge in [0, 0.05) is 29.4 Å². The number of H-pyrrole nitrogens is 2. The molecule has 0 unspecified atom stereocenters. The normalized spacial score (nSPS) is 10.7. The molecule has 2 aromatic carbocycles. The van der Waals surface area contributed by atoms with Crippen molar-refractivity contribution in [1.29, 1.82) is 0 Å². The van der Waals surface area contributed by atoms with Crippen molar-refractivity contribution in [2.45, 2.75) is 53.6 Å². The molecule has 7 nitrogen and oxygen atoms in total. The zero-order valence-corrected chi connectivity index (χ0v) is 23.5. The van der Waals surface area contributed by atoms with Gasteiger partial charge < -0.3 is 25.9 Å². The molecule has 0 atom stereocenters. The number of aromatic nitrogens is 4. The molecule has 0 saturated heterocycles. The van der Waals surface area contributed by atoms with Crippen LogP contribution in [0.1, 0.15) is 57.7 Å². The number of anilines is 1. The maximum Gasteiger partial charge on any atom is 0.120 e. The summed E-state index contributed by atoms with van der Waals surface area (Å²) < 4.78 is 0. The number of imidazole rings is 2. The zero-order valence-electron chi connectivity index (χ0n) is 23.5. The highest BCUT2D eigenvalue weighted by Crippen LogP contribution is 2.38. The van der Waals surface area contributed by atoms with Crippen molar-refractivity contribution in [2.75, 3.05) is 25.5 Å². The van der Waals surface area contributed by atoms with Crippen LogP contribution in [0.3, 0.4) is 0 Å². The van der Waals surface area contributed by atoms with Crippen molar-refractivity contribution in [1.82, 2.24) is 30.6 Å². The van der Waals surface area contributed by atoms with E-state index in [9.17, 15) is 0 Å². The van der Waals surface area contributed by atoms with Crippen molar-refractivity contribution >= 4 is 11.8 Å². The Hall–Kier alpha value is -3.68. The molecule has 202 valence electrons. The first-order valence-electron chi connectivity index (χ1n) is 13.8. The summed E-state index contributed by atoms with van der Waals surface area (Å²) in [6.45, 7) is 15.9. The highest BCUT2D eigenvalue weighted by Gasteiger charge is 2.15. The fourth-order valence-corrected chi connectivity index (χ4v) is 4.36. The number of aromatic amines is 2. The molecular weight excluding hydrogens is 470 g/mol. The Labute approximate surface area is 227 Å². The molecule has 0 aliphatic carbocycles. The second kappa shape index (κ2) is 14.9. The van der Waals surface area contributed by atoms with E-state index in [4.69, 9.17) is 0 Å². The minimum absolute atomic E-state index is 0.730. The molecule has 38 heavy (non-hydrogen) atoms. The first kappa shape index (κ1) is 28.9. The van der Waals surface area contributed by atoms with Gasteiger partial charge in [-0.1, -0.05) is 76.7 Å². The fourth-order valence-electron chi connectivity index (χ4n) is 4.36. The lowest BCUT2D eigenvalue weighted by molar-refractivity contribution is 0.655. The Kier molecular flexibility index (Phi) is 11.3. The van der Waals surface area contributed by atoms with Gasteiger partial charge in [0.2, 0.25) is 0 Å². The first-order chi connectivity index (χ1) is 18.7. The average Bonchev–Trinajstić information content (AvgIpc) is 3.64. The summed E-state index contributed by atoms with van der Waals surface area (Å²) in [6.07, 6.45) is 7.92.